The van der Waals surface area contributed by atoms with Gasteiger partial charge in [-0.1, -0.05) is 71.8 Å². The van der Waals surface area contributed by atoms with Gasteiger partial charge < -0.3 is 5.32 Å². The number of carbonyl (C=O) groups is 1. The monoisotopic (exact) mass is 434 g/mol. The number of nitrogens with one attached hydrogen (secondary N) is 1. The number of sulfonamides is 1. The summed E-state index contributed by atoms with van der Waals surface area (Å²) in [5.41, 5.74) is 5.04. The zero-order chi connectivity index (χ0) is 22.0. The summed E-state index contributed by atoms with van der Waals surface area (Å²) in [6.45, 7) is 4.45. The summed E-state index contributed by atoms with van der Waals surface area (Å²) in [7, 11) is -3.83. The summed E-state index contributed by atoms with van der Waals surface area (Å²) >= 11 is 0. The summed E-state index contributed by atoms with van der Waals surface area (Å²) in [6.07, 6.45) is 0.348. The molecule has 1 aliphatic rings. The first-order chi connectivity index (χ1) is 14.8. The zero-order valence-corrected chi connectivity index (χ0v) is 18.5. The molecule has 31 heavy (non-hydrogen) atoms. The summed E-state index contributed by atoms with van der Waals surface area (Å²) < 4.78 is 28.3. The molecule has 6 heteroatoms. The second-order valence-electron chi connectivity index (χ2n) is 8.06. The molecule has 1 aliphatic heterocycles. The Labute approximate surface area is 183 Å². The van der Waals surface area contributed by atoms with Crippen LogP contribution in [0, 0.1) is 13.8 Å². The van der Waals surface area contributed by atoms with E-state index in [0.717, 1.165) is 27.8 Å². The highest BCUT2D eigenvalue weighted by Crippen LogP contribution is 2.29. The molecule has 0 radical (unpaired) electrons. The largest absolute Gasteiger partial charge is 0.351 e. The third-order valence-corrected chi connectivity index (χ3v) is 7.59. The highest BCUT2D eigenvalue weighted by atomic mass is 32.2. The first-order valence-electron chi connectivity index (χ1n) is 10.3. The smallest absolute Gasteiger partial charge is 0.244 e. The van der Waals surface area contributed by atoms with E-state index in [1.807, 2.05) is 62.4 Å². The lowest BCUT2D eigenvalue weighted by molar-refractivity contribution is -0.125. The number of nitrogens with zero attached hydrogens (tertiary/aromatic N) is 1. The molecule has 0 aliphatic carbocycles. The van der Waals surface area contributed by atoms with Gasteiger partial charge in [0.1, 0.15) is 6.04 Å². The Kier molecular flexibility index (Phi) is 5.94. The first-order valence-corrected chi connectivity index (χ1v) is 11.8. The lowest BCUT2D eigenvalue weighted by Gasteiger charge is -2.35. The Morgan fingerprint density at radius 2 is 1.48 bits per heavy atom. The topological polar surface area (TPSA) is 66.5 Å². The Balaban J connectivity index is 1.63. The van der Waals surface area contributed by atoms with Crippen LogP contribution in [-0.4, -0.2) is 24.7 Å². The number of aryl methyl sites for hydroxylation is 2. The van der Waals surface area contributed by atoms with Crippen molar-refractivity contribution in [1.29, 1.82) is 0 Å². The van der Waals surface area contributed by atoms with Crippen molar-refractivity contribution >= 4 is 15.9 Å². The molecule has 5 nitrogen and oxygen atoms in total. The Hall–Kier alpha value is -2.96. The van der Waals surface area contributed by atoms with Crippen LogP contribution in [0.5, 0.6) is 0 Å². The van der Waals surface area contributed by atoms with E-state index in [9.17, 15) is 13.2 Å². The van der Waals surface area contributed by atoms with Crippen LogP contribution >= 0.6 is 0 Å². The van der Waals surface area contributed by atoms with Crippen molar-refractivity contribution in [3.63, 3.8) is 0 Å². The predicted molar refractivity (Wildman–Crippen MR) is 121 cm³/mol. The van der Waals surface area contributed by atoms with Crippen molar-refractivity contribution in [1.82, 2.24) is 9.62 Å². The summed E-state index contributed by atoms with van der Waals surface area (Å²) in [6, 6.07) is 21.6. The third kappa shape index (κ3) is 4.55. The molecule has 0 saturated heterocycles. The average Bonchev–Trinajstić information content (AvgIpc) is 2.78. The van der Waals surface area contributed by atoms with E-state index < -0.39 is 16.1 Å². The average molecular weight is 435 g/mol. The molecule has 0 bridgehead atoms. The molecular weight excluding hydrogens is 408 g/mol. The van der Waals surface area contributed by atoms with Gasteiger partial charge in [0.2, 0.25) is 15.9 Å². The molecule has 1 amide bonds. The first kappa shape index (κ1) is 21.3. The molecular formula is C25H26N2O3S. The van der Waals surface area contributed by atoms with Crippen LogP contribution in [0.25, 0.3) is 0 Å². The van der Waals surface area contributed by atoms with Gasteiger partial charge in [0.25, 0.3) is 0 Å². The van der Waals surface area contributed by atoms with E-state index >= 15 is 0 Å². The molecule has 0 unspecified atom stereocenters. The second-order valence-corrected chi connectivity index (χ2v) is 9.95. The minimum atomic E-state index is -3.83. The van der Waals surface area contributed by atoms with Gasteiger partial charge in [0.05, 0.1) is 4.90 Å². The predicted octanol–water partition coefficient (Wildman–Crippen LogP) is 3.74. The van der Waals surface area contributed by atoms with E-state index in [-0.39, 0.29) is 17.3 Å². The number of hydrogen-bond acceptors (Lipinski definition) is 3. The molecule has 3 aromatic rings. The van der Waals surface area contributed by atoms with Crippen LogP contribution in [0.4, 0.5) is 0 Å². The van der Waals surface area contributed by atoms with E-state index in [4.69, 9.17) is 0 Å². The van der Waals surface area contributed by atoms with Gasteiger partial charge >= 0.3 is 0 Å². The van der Waals surface area contributed by atoms with E-state index in [1.54, 1.807) is 24.3 Å². The molecule has 160 valence electrons. The fourth-order valence-corrected chi connectivity index (χ4v) is 5.40. The van der Waals surface area contributed by atoms with Crippen LogP contribution in [0.15, 0.2) is 77.7 Å². The lowest BCUT2D eigenvalue weighted by atomic mass is 9.95. The maximum Gasteiger partial charge on any atom is 0.244 e. The molecule has 1 atom stereocenters. The molecule has 0 fully saturated rings. The van der Waals surface area contributed by atoms with Crippen LogP contribution in [0.1, 0.15) is 27.8 Å². The van der Waals surface area contributed by atoms with Gasteiger partial charge in [0, 0.05) is 13.1 Å². The third-order valence-electron chi connectivity index (χ3n) is 5.72. The molecule has 4 rings (SSSR count). The van der Waals surface area contributed by atoms with Gasteiger partial charge in [-0.05, 0) is 49.1 Å². The van der Waals surface area contributed by atoms with Crippen LogP contribution in [-0.2, 0) is 34.3 Å². The minimum Gasteiger partial charge on any atom is -0.351 e. The van der Waals surface area contributed by atoms with Crippen molar-refractivity contribution in [2.24, 2.45) is 0 Å². The van der Waals surface area contributed by atoms with Crippen molar-refractivity contribution in [3.8, 4) is 0 Å². The van der Waals surface area contributed by atoms with E-state index in [0.29, 0.717) is 13.0 Å². The number of carbonyl (C=O) groups excluding carboxylic acids is 1. The summed E-state index contributed by atoms with van der Waals surface area (Å²) in [5.74, 6) is -0.286. The summed E-state index contributed by atoms with van der Waals surface area (Å²) in [4.78, 5) is 13.4. The number of amides is 1. The lowest BCUT2D eigenvalue weighted by Crippen LogP contribution is -2.52. The molecule has 1 N–H and O–H groups in total. The SMILES string of the molecule is Cc1ccc(CNC(=O)[C@H]2Cc3ccccc3CN2S(=O)(=O)c2ccc(C)cc2)cc1. The van der Waals surface area contributed by atoms with Crippen LogP contribution in [0.3, 0.4) is 0 Å². The second kappa shape index (κ2) is 8.65. The van der Waals surface area contributed by atoms with Gasteiger partial charge in [0.15, 0.2) is 0 Å². The van der Waals surface area contributed by atoms with E-state index in [2.05, 4.69) is 5.32 Å². The maximum absolute atomic E-state index is 13.5. The van der Waals surface area contributed by atoms with Crippen molar-refractivity contribution < 1.29 is 13.2 Å². The number of fused-ring (bicyclic) bond motifs is 1. The molecule has 1 heterocycles. The molecule has 0 aromatic heterocycles. The maximum atomic E-state index is 13.5. The van der Waals surface area contributed by atoms with Gasteiger partial charge in [-0.3, -0.25) is 4.79 Å². The Morgan fingerprint density at radius 3 is 2.13 bits per heavy atom. The minimum absolute atomic E-state index is 0.176. The molecule has 0 saturated carbocycles. The van der Waals surface area contributed by atoms with Crippen molar-refractivity contribution in [2.45, 2.75) is 44.3 Å². The van der Waals surface area contributed by atoms with E-state index in [1.165, 1.54) is 4.31 Å². The Bertz CT molecular complexity index is 1190. The highest BCUT2D eigenvalue weighted by Gasteiger charge is 2.39. The standard InChI is InChI=1S/C25H26N2O3S/c1-18-7-11-20(12-8-18)16-26-25(28)24-15-21-5-3-4-6-22(21)17-27(24)31(29,30)23-13-9-19(2)10-14-23/h3-14,24H,15-17H2,1-2H3,(H,26,28)/t24-/m1/s1. The number of hydrogen-bond donors (Lipinski definition) is 1. The fourth-order valence-electron chi connectivity index (χ4n) is 3.83. The molecule has 0 spiro atoms. The molecule has 3 aromatic carbocycles. The van der Waals surface area contributed by atoms with Crippen LogP contribution < -0.4 is 5.32 Å². The van der Waals surface area contributed by atoms with Gasteiger partial charge in [-0.2, -0.15) is 4.31 Å². The van der Waals surface area contributed by atoms with Crippen LogP contribution in [0.2, 0.25) is 0 Å². The normalized spacial score (nSPS) is 16.5. The quantitative estimate of drug-likeness (QED) is 0.665. The number of benzene rings is 3. The number of rotatable bonds is 5. The summed E-state index contributed by atoms with van der Waals surface area (Å²) in [5, 5.41) is 2.94. The zero-order valence-electron chi connectivity index (χ0n) is 17.7. The van der Waals surface area contributed by atoms with Gasteiger partial charge in [-0.25, -0.2) is 8.42 Å². The van der Waals surface area contributed by atoms with Crippen molar-refractivity contribution in [2.75, 3.05) is 0 Å². The van der Waals surface area contributed by atoms with Gasteiger partial charge in [-0.15, -0.1) is 0 Å². The Morgan fingerprint density at radius 1 is 0.903 bits per heavy atom. The fraction of sp³-hybridized carbons (Fsp3) is 0.240. The van der Waals surface area contributed by atoms with Crippen molar-refractivity contribution in [3.05, 3.63) is 101 Å². The highest BCUT2D eigenvalue weighted by molar-refractivity contribution is 7.89.